The van der Waals surface area contributed by atoms with Crippen molar-refractivity contribution in [3.8, 4) is 5.75 Å². The molecule has 1 aromatic heterocycles. The number of pyridine rings is 1. The van der Waals surface area contributed by atoms with Crippen LogP contribution in [0.1, 0.15) is 39.8 Å². The van der Waals surface area contributed by atoms with Gasteiger partial charge in [0.05, 0.1) is 10.6 Å². The van der Waals surface area contributed by atoms with Crippen LogP contribution >= 0.6 is 24.0 Å². The maximum Gasteiger partial charge on any atom is 0.275 e. The van der Waals surface area contributed by atoms with Gasteiger partial charge < -0.3 is 25.0 Å². The lowest BCUT2D eigenvalue weighted by molar-refractivity contribution is 0.0508. The molecule has 11 heteroatoms. The quantitative estimate of drug-likeness (QED) is 0.598. The monoisotopic (exact) mass is 485 g/mol. The Morgan fingerprint density at radius 2 is 2.09 bits per heavy atom. The van der Waals surface area contributed by atoms with Crippen LogP contribution in [0.3, 0.4) is 0 Å². The minimum Gasteiger partial charge on any atom is -0.503 e. The summed E-state index contributed by atoms with van der Waals surface area (Å²) in [7, 11) is 0. The number of amides is 2. The molecule has 3 N–H and O–H groups in total. The Labute approximate surface area is 194 Å². The molecule has 2 heterocycles. The first-order valence-electron chi connectivity index (χ1n) is 9.85. The molecule has 1 aliphatic carbocycles. The number of halogens is 3. The molecule has 32 heavy (non-hydrogen) atoms. The number of likely N-dealkylation sites (N-methyl/N-ethyl adjacent to an activating group) is 1. The highest BCUT2D eigenvalue weighted by Gasteiger charge is 2.61. The fraction of sp³-hybridized carbons (Fsp3) is 0.381. The lowest BCUT2D eigenvalue weighted by Gasteiger charge is -2.38. The molecule has 1 fully saturated rings. The van der Waals surface area contributed by atoms with Crippen molar-refractivity contribution < 1.29 is 24.2 Å². The van der Waals surface area contributed by atoms with E-state index in [0.29, 0.717) is 13.0 Å². The number of aromatic nitrogens is 1. The summed E-state index contributed by atoms with van der Waals surface area (Å²) >= 11 is 5.74. The van der Waals surface area contributed by atoms with Gasteiger partial charge in [-0.1, -0.05) is 23.7 Å². The van der Waals surface area contributed by atoms with E-state index in [2.05, 4.69) is 5.32 Å². The number of nitrogens with zero attached hydrogens (tertiary/aromatic N) is 2. The number of carbonyl (C=O) groups is 2. The average Bonchev–Trinajstić information content (AvgIpc) is 3.44. The lowest BCUT2D eigenvalue weighted by atomic mass is 10.0. The SMILES string of the molecule is CCN1C(=O)c2c(O)c(=O)c(C(=O)NCc3cccc(Cl)c3F)cn2C[C@@]12C[C@@H]2CO.Cl. The Balaban J connectivity index is 0.00000289. The molecule has 0 saturated heterocycles. The second-order valence-corrected chi connectivity index (χ2v) is 8.24. The van der Waals surface area contributed by atoms with E-state index in [-0.39, 0.29) is 59.9 Å². The molecule has 1 aromatic carbocycles. The van der Waals surface area contributed by atoms with Crippen molar-refractivity contribution in [3.63, 3.8) is 0 Å². The maximum absolute atomic E-state index is 14.0. The van der Waals surface area contributed by atoms with Crippen LogP contribution in [0.2, 0.25) is 5.02 Å². The van der Waals surface area contributed by atoms with E-state index in [0.717, 1.165) is 0 Å². The van der Waals surface area contributed by atoms with Gasteiger partial charge in [-0.15, -0.1) is 12.4 Å². The zero-order chi connectivity index (χ0) is 22.5. The Morgan fingerprint density at radius 1 is 1.38 bits per heavy atom. The molecule has 172 valence electrons. The summed E-state index contributed by atoms with van der Waals surface area (Å²) in [6, 6.07) is 4.35. The number of aliphatic hydroxyl groups is 1. The minimum atomic E-state index is -0.981. The third-order valence-corrected chi connectivity index (χ3v) is 6.43. The summed E-state index contributed by atoms with van der Waals surface area (Å²) < 4.78 is 15.4. The molecule has 2 aromatic rings. The first-order chi connectivity index (χ1) is 14.7. The molecule has 2 amide bonds. The lowest BCUT2D eigenvalue weighted by Crippen LogP contribution is -2.52. The normalized spacial score (nSPS) is 21.2. The fourth-order valence-electron chi connectivity index (χ4n) is 4.41. The number of carbonyl (C=O) groups excluding carboxylic acids is 2. The number of benzene rings is 1. The molecule has 2 aliphatic rings. The third kappa shape index (κ3) is 3.64. The Hall–Kier alpha value is -2.62. The van der Waals surface area contributed by atoms with Gasteiger partial charge in [-0.25, -0.2) is 4.39 Å². The zero-order valence-corrected chi connectivity index (χ0v) is 18.7. The van der Waals surface area contributed by atoms with E-state index in [1.54, 1.807) is 11.8 Å². The summed E-state index contributed by atoms with van der Waals surface area (Å²) in [5.74, 6) is -2.93. The summed E-state index contributed by atoms with van der Waals surface area (Å²) in [5, 5.41) is 22.4. The van der Waals surface area contributed by atoms with Crippen LogP contribution in [0.4, 0.5) is 4.39 Å². The highest BCUT2D eigenvalue weighted by atomic mass is 35.5. The summed E-state index contributed by atoms with van der Waals surface area (Å²) in [5.41, 5.74) is -1.99. The van der Waals surface area contributed by atoms with Crippen LogP contribution in [0.15, 0.2) is 29.2 Å². The van der Waals surface area contributed by atoms with Crippen LogP contribution in [-0.4, -0.2) is 50.2 Å². The number of rotatable bonds is 5. The number of nitrogens with one attached hydrogen (secondary N) is 1. The number of hydrogen-bond donors (Lipinski definition) is 3. The Kier molecular flexibility index (Phi) is 6.55. The van der Waals surface area contributed by atoms with Crippen LogP contribution in [0.5, 0.6) is 5.75 Å². The van der Waals surface area contributed by atoms with Crippen molar-refractivity contribution in [2.45, 2.75) is 32.0 Å². The molecule has 4 rings (SSSR count). The molecule has 0 radical (unpaired) electrons. The van der Waals surface area contributed by atoms with Crippen molar-refractivity contribution in [3.05, 3.63) is 62.3 Å². The molecule has 8 nitrogen and oxygen atoms in total. The largest absolute Gasteiger partial charge is 0.503 e. The van der Waals surface area contributed by atoms with Crippen LogP contribution < -0.4 is 10.7 Å². The van der Waals surface area contributed by atoms with Gasteiger partial charge in [0.2, 0.25) is 5.43 Å². The summed E-state index contributed by atoms with van der Waals surface area (Å²) in [4.78, 5) is 39.8. The molecule has 1 aliphatic heterocycles. The molecule has 0 unspecified atom stereocenters. The van der Waals surface area contributed by atoms with Crippen LogP contribution in [-0.2, 0) is 13.1 Å². The van der Waals surface area contributed by atoms with E-state index >= 15 is 0 Å². The van der Waals surface area contributed by atoms with Gasteiger partial charge in [0.25, 0.3) is 11.8 Å². The highest BCUT2D eigenvalue weighted by molar-refractivity contribution is 6.30. The van der Waals surface area contributed by atoms with Crippen molar-refractivity contribution in [2.75, 3.05) is 13.2 Å². The maximum atomic E-state index is 14.0. The van der Waals surface area contributed by atoms with Crippen molar-refractivity contribution in [1.82, 2.24) is 14.8 Å². The molecule has 0 bridgehead atoms. The second kappa shape index (κ2) is 8.73. The Morgan fingerprint density at radius 3 is 2.72 bits per heavy atom. The fourth-order valence-corrected chi connectivity index (χ4v) is 4.61. The predicted molar refractivity (Wildman–Crippen MR) is 117 cm³/mol. The molecule has 2 atom stereocenters. The standard InChI is InChI=1S/C21H21ClFN3O5.ClH/c1-2-26-20(31)16-18(29)17(28)13(8-25(16)10-21(26)6-12(21)9-27)19(30)24-7-11-4-3-5-14(22)15(11)23;/h3-5,8,12,27,29H,2,6-7,9-10H2,1H3,(H,24,30);1H/t12-,21-;/m1./s1. The van der Waals surface area contributed by atoms with E-state index in [1.807, 2.05) is 0 Å². The van der Waals surface area contributed by atoms with E-state index in [4.69, 9.17) is 11.6 Å². The van der Waals surface area contributed by atoms with E-state index in [1.165, 1.54) is 29.0 Å². The summed E-state index contributed by atoms with van der Waals surface area (Å²) in [6.07, 6.45) is 1.82. The van der Waals surface area contributed by atoms with Crippen LogP contribution in [0.25, 0.3) is 0 Å². The van der Waals surface area contributed by atoms with Gasteiger partial charge >= 0.3 is 0 Å². The van der Waals surface area contributed by atoms with Gasteiger partial charge in [-0.05, 0) is 19.4 Å². The molecule has 1 saturated carbocycles. The average molecular weight is 486 g/mol. The second-order valence-electron chi connectivity index (χ2n) is 7.83. The minimum absolute atomic E-state index is 0. The van der Waals surface area contributed by atoms with Gasteiger partial charge in [-0.3, -0.25) is 14.4 Å². The van der Waals surface area contributed by atoms with Crippen molar-refractivity contribution >= 4 is 35.8 Å². The summed E-state index contributed by atoms with van der Waals surface area (Å²) in [6.45, 7) is 2.07. The predicted octanol–water partition coefficient (Wildman–Crippen LogP) is 1.92. The number of aromatic hydroxyl groups is 1. The van der Waals surface area contributed by atoms with Crippen molar-refractivity contribution in [2.24, 2.45) is 5.92 Å². The van der Waals surface area contributed by atoms with Gasteiger partial charge in [0.1, 0.15) is 11.4 Å². The topological polar surface area (TPSA) is 112 Å². The van der Waals surface area contributed by atoms with E-state index in [9.17, 15) is 29.0 Å². The number of fused-ring (bicyclic) bond motifs is 1. The first kappa shape index (κ1) is 24.0. The van der Waals surface area contributed by atoms with Gasteiger partial charge in [-0.2, -0.15) is 0 Å². The van der Waals surface area contributed by atoms with Crippen LogP contribution in [0, 0.1) is 11.7 Å². The molecule has 1 spiro atoms. The number of aliphatic hydroxyl groups excluding tert-OH is 1. The zero-order valence-electron chi connectivity index (χ0n) is 17.1. The first-order valence-corrected chi connectivity index (χ1v) is 10.2. The molecular weight excluding hydrogens is 464 g/mol. The van der Waals surface area contributed by atoms with Crippen molar-refractivity contribution in [1.29, 1.82) is 0 Å². The van der Waals surface area contributed by atoms with Gasteiger partial charge in [0, 0.05) is 43.9 Å². The molecular formula is C21H22Cl2FN3O5. The highest BCUT2D eigenvalue weighted by Crippen LogP contribution is 2.52. The van der Waals surface area contributed by atoms with E-state index < -0.39 is 34.3 Å². The smallest absolute Gasteiger partial charge is 0.275 e. The van der Waals surface area contributed by atoms with Gasteiger partial charge in [0.15, 0.2) is 11.4 Å². The third-order valence-electron chi connectivity index (χ3n) is 6.14. The Bertz CT molecular complexity index is 1150. The number of hydrogen-bond acceptors (Lipinski definition) is 5.